The molecule has 3 heteroatoms. The number of nitrogens with one attached hydrogen (secondary N) is 1. The molecule has 1 fully saturated rings. The molecule has 0 bridgehead atoms. The normalized spacial score (nSPS) is 43.9. The van der Waals surface area contributed by atoms with Crippen LogP contribution in [0.5, 0.6) is 0 Å². The Morgan fingerprint density at radius 3 is 2.92 bits per heavy atom. The number of hydrogen-bond acceptors (Lipinski definition) is 3. The molecule has 1 aliphatic heterocycles. The molecule has 13 heavy (non-hydrogen) atoms. The van der Waals surface area contributed by atoms with Crippen LogP contribution in [0.25, 0.3) is 0 Å². The molecular weight excluding hydrogens is 166 g/mol. The molecule has 3 nitrogen and oxygen atoms in total. The fourth-order valence-electron chi connectivity index (χ4n) is 2.29. The first-order chi connectivity index (χ1) is 5.96. The average molecular weight is 181 g/mol. The van der Waals surface area contributed by atoms with Gasteiger partial charge in [-0.3, -0.25) is 4.79 Å². The van der Waals surface area contributed by atoms with Gasteiger partial charge in [-0.15, -0.1) is 0 Å². The number of allylic oxidation sites excluding steroid dienone is 1. The Bertz CT molecular complexity index is 293. The Hall–Kier alpha value is -0.830. The number of fused-ring (bicyclic) bond motifs is 1. The molecule has 2 rings (SSSR count). The zero-order valence-electron chi connectivity index (χ0n) is 8.05. The molecule has 72 valence electrons. The van der Waals surface area contributed by atoms with Crippen LogP contribution in [-0.2, 0) is 4.79 Å². The number of aliphatic hydroxyl groups is 1. The first-order valence-electron chi connectivity index (χ1n) is 4.67. The Morgan fingerprint density at radius 2 is 2.23 bits per heavy atom. The summed E-state index contributed by atoms with van der Waals surface area (Å²) in [6, 6.07) is 0. The second-order valence-electron chi connectivity index (χ2n) is 4.48. The minimum Gasteiger partial charge on any atom is -0.389 e. The van der Waals surface area contributed by atoms with E-state index >= 15 is 0 Å². The van der Waals surface area contributed by atoms with E-state index in [-0.39, 0.29) is 17.6 Å². The van der Waals surface area contributed by atoms with Crippen molar-refractivity contribution < 1.29 is 9.90 Å². The maximum absolute atomic E-state index is 11.3. The molecule has 0 aromatic heterocycles. The number of carbonyl (C=O) groups excluding carboxylic acids is 1. The standard InChI is InChI=1S/C10H15NO2/c1-9-3-4-11-8(9)5-7(12)6-10(9,2)13/h5,11,13H,3-4,6H2,1-2H3/t9-,10-/m1/s1. The van der Waals surface area contributed by atoms with Crippen molar-refractivity contribution >= 4 is 5.78 Å². The van der Waals surface area contributed by atoms with Crippen molar-refractivity contribution in [1.29, 1.82) is 0 Å². The third kappa shape index (κ3) is 1.03. The SMILES string of the molecule is C[C@@]1(O)CC(=O)C=C2NCC[C@]21C. The van der Waals surface area contributed by atoms with E-state index in [0.29, 0.717) is 0 Å². The van der Waals surface area contributed by atoms with Crippen LogP contribution in [0.15, 0.2) is 11.8 Å². The van der Waals surface area contributed by atoms with E-state index in [1.807, 2.05) is 6.92 Å². The summed E-state index contributed by atoms with van der Waals surface area (Å²) in [5.74, 6) is 0.0203. The molecule has 0 spiro atoms. The molecule has 1 saturated heterocycles. The number of rotatable bonds is 0. The molecule has 0 unspecified atom stereocenters. The van der Waals surface area contributed by atoms with E-state index in [0.717, 1.165) is 18.7 Å². The summed E-state index contributed by atoms with van der Waals surface area (Å²) in [7, 11) is 0. The molecule has 0 saturated carbocycles. The van der Waals surface area contributed by atoms with Crippen molar-refractivity contribution in [2.75, 3.05) is 6.54 Å². The van der Waals surface area contributed by atoms with Crippen molar-refractivity contribution in [3.63, 3.8) is 0 Å². The van der Waals surface area contributed by atoms with Gasteiger partial charge in [-0.2, -0.15) is 0 Å². The minimum atomic E-state index is -0.891. The Morgan fingerprint density at radius 1 is 1.54 bits per heavy atom. The summed E-state index contributed by atoms with van der Waals surface area (Å²) in [5, 5.41) is 13.3. The average Bonchev–Trinajstić information content (AvgIpc) is 2.31. The Kier molecular flexibility index (Phi) is 1.58. The van der Waals surface area contributed by atoms with Gasteiger partial charge in [-0.25, -0.2) is 0 Å². The largest absolute Gasteiger partial charge is 0.389 e. The third-order valence-corrected chi connectivity index (χ3v) is 3.55. The zero-order valence-corrected chi connectivity index (χ0v) is 8.05. The van der Waals surface area contributed by atoms with Gasteiger partial charge >= 0.3 is 0 Å². The molecule has 0 aromatic rings. The lowest BCUT2D eigenvalue weighted by Gasteiger charge is -2.42. The highest BCUT2D eigenvalue weighted by Crippen LogP contribution is 2.47. The summed E-state index contributed by atoms with van der Waals surface area (Å²) >= 11 is 0. The maximum Gasteiger partial charge on any atom is 0.160 e. The van der Waals surface area contributed by atoms with Crippen LogP contribution in [0.2, 0.25) is 0 Å². The number of ketones is 1. The molecule has 1 aliphatic carbocycles. The van der Waals surface area contributed by atoms with Gasteiger partial charge in [0, 0.05) is 30.2 Å². The lowest BCUT2D eigenvalue weighted by molar-refractivity contribution is -0.126. The van der Waals surface area contributed by atoms with Crippen LogP contribution in [0, 0.1) is 5.41 Å². The van der Waals surface area contributed by atoms with Crippen LogP contribution in [0.1, 0.15) is 26.7 Å². The molecule has 2 aliphatic rings. The van der Waals surface area contributed by atoms with E-state index in [2.05, 4.69) is 5.32 Å². The highest BCUT2D eigenvalue weighted by molar-refractivity contribution is 5.92. The topological polar surface area (TPSA) is 49.3 Å². The smallest absolute Gasteiger partial charge is 0.160 e. The predicted molar refractivity (Wildman–Crippen MR) is 49.1 cm³/mol. The molecule has 1 heterocycles. The quantitative estimate of drug-likeness (QED) is 0.575. The summed E-state index contributed by atoms with van der Waals surface area (Å²) in [6.07, 6.45) is 2.79. The zero-order chi connectivity index (χ0) is 9.69. The lowest BCUT2D eigenvalue weighted by Crippen LogP contribution is -2.48. The van der Waals surface area contributed by atoms with Crippen LogP contribution >= 0.6 is 0 Å². The summed E-state index contributed by atoms with van der Waals surface area (Å²) in [5.41, 5.74) is -0.229. The van der Waals surface area contributed by atoms with Crippen LogP contribution in [0.4, 0.5) is 0 Å². The minimum absolute atomic E-state index is 0.0203. The molecule has 0 radical (unpaired) electrons. The molecule has 0 aromatic carbocycles. The second-order valence-corrected chi connectivity index (χ2v) is 4.48. The Labute approximate surface area is 77.8 Å². The first-order valence-corrected chi connectivity index (χ1v) is 4.67. The highest BCUT2D eigenvalue weighted by Gasteiger charge is 2.51. The fourth-order valence-corrected chi connectivity index (χ4v) is 2.29. The highest BCUT2D eigenvalue weighted by atomic mass is 16.3. The van der Waals surface area contributed by atoms with E-state index in [9.17, 15) is 9.90 Å². The summed E-state index contributed by atoms with van der Waals surface area (Å²) in [4.78, 5) is 11.3. The molecule has 2 atom stereocenters. The van der Waals surface area contributed by atoms with E-state index in [4.69, 9.17) is 0 Å². The fraction of sp³-hybridized carbons (Fsp3) is 0.700. The van der Waals surface area contributed by atoms with Crippen molar-refractivity contribution in [3.8, 4) is 0 Å². The van der Waals surface area contributed by atoms with Gasteiger partial charge < -0.3 is 10.4 Å². The van der Waals surface area contributed by atoms with Crippen LogP contribution < -0.4 is 5.32 Å². The predicted octanol–water partition coefficient (Wildman–Crippen LogP) is 0.594. The van der Waals surface area contributed by atoms with Gasteiger partial charge in [-0.1, -0.05) is 6.92 Å². The number of carbonyl (C=O) groups is 1. The first kappa shape index (κ1) is 8.75. The van der Waals surface area contributed by atoms with Gasteiger partial charge in [0.25, 0.3) is 0 Å². The lowest BCUT2D eigenvalue weighted by atomic mass is 9.66. The van der Waals surface area contributed by atoms with Crippen LogP contribution in [0.3, 0.4) is 0 Å². The third-order valence-electron chi connectivity index (χ3n) is 3.55. The molecule has 0 amide bonds. The van der Waals surface area contributed by atoms with Crippen molar-refractivity contribution in [2.45, 2.75) is 32.3 Å². The van der Waals surface area contributed by atoms with Crippen molar-refractivity contribution in [3.05, 3.63) is 11.8 Å². The molecule has 2 N–H and O–H groups in total. The number of hydrogen-bond donors (Lipinski definition) is 2. The van der Waals surface area contributed by atoms with Crippen molar-refractivity contribution in [1.82, 2.24) is 5.32 Å². The summed E-state index contributed by atoms with van der Waals surface area (Å²) in [6.45, 7) is 4.63. The monoisotopic (exact) mass is 181 g/mol. The van der Waals surface area contributed by atoms with Gasteiger partial charge in [0.15, 0.2) is 5.78 Å². The Balaban J connectivity index is 2.49. The van der Waals surface area contributed by atoms with Gasteiger partial charge in [0.2, 0.25) is 0 Å². The van der Waals surface area contributed by atoms with Gasteiger partial charge in [0.1, 0.15) is 0 Å². The van der Waals surface area contributed by atoms with E-state index < -0.39 is 5.60 Å². The van der Waals surface area contributed by atoms with Gasteiger partial charge in [-0.05, 0) is 13.3 Å². The second kappa shape index (κ2) is 2.35. The molecular formula is C10H15NO2. The van der Waals surface area contributed by atoms with Crippen LogP contribution in [-0.4, -0.2) is 23.0 Å². The van der Waals surface area contributed by atoms with E-state index in [1.54, 1.807) is 13.0 Å². The van der Waals surface area contributed by atoms with Gasteiger partial charge in [0.05, 0.1) is 5.60 Å². The maximum atomic E-state index is 11.3. The summed E-state index contributed by atoms with van der Waals surface area (Å²) < 4.78 is 0. The van der Waals surface area contributed by atoms with E-state index in [1.165, 1.54) is 0 Å². The van der Waals surface area contributed by atoms with Crippen molar-refractivity contribution in [2.24, 2.45) is 5.41 Å².